The molecule has 2 aliphatic heterocycles. The van der Waals surface area contributed by atoms with Gasteiger partial charge in [-0.2, -0.15) is 21.4 Å². The maximum absolute atomic E-state index is 11.0. The lowest BCUT2D eigenvalue weighted by molar-refractivity contribution is -0.438. The third-order valence-electron chi connectivity index (χ3n) is 13.1. The molecule has 0 spiro atoms. The van der Waals surface area contributed by atoms with Crippen LogP contribution in [0.15, 0.2) is 96.7 Å². The minimum atomic E-state index is -3.86. The number of hydrogen-bond acceptors (Lipinski definition) is 5. The smallest absolute Gasteiger partial charge is 0.264 e. The Balaban J connectivity index is 1.19. The Morgan fingerprint density at radius 3 is 1.59 bits per heavy atom. The zero-order valence-electron chi connectivity index (χ0n) is 37.0. The van der Waals surface area contributed by atoms with E-state index in [1.54, 1.807) is 0 Å². The van der Waals surface area contributed by atoms with Crippen molar-refractivity contribution in [1.82, 2.24) is 0 Å². The molecule has 0 aliphatic carbocycles. The molecule has 0 saturated heterocycles. The molecule has 0 unspecified atom stereocenters. The number of rotatable bonds is 24. The molecular weight excluding hydrogens is 801 g/mol. The summed E-state index contributed by atoms with van der Waals surface area (Å²) in [6.45, 7) is 11.4. The number of anilines is 1. The molecular formula is C51H69N2O6S2+. The molecule has 6 rings (SSSR count). The fraction of sp³-hybridized carbons (Fsp3) is 0.510. The van der Waals surface area contributed by atoms with Crippen LogP contribution in [0.4, 0.5) is 11.4 Å². The molecule has 61 heavy (non-hydrogen) atoms. The molecule has 0 radical (unpaired) electrons. The SMILES string of the molecule is CC1(C)C(/C=C/C=C2\N(CCCCCCCCCCS(=O)(=O)O)c3ccc4ccccc4c3C2(C)C)=[N+](CCCCCCCCCCS(=O)(=O)O)c2ccc3ccccc3c21. The first-order valence-corrected chi connectivity index (χ1v) is 26.1. The van der Waals surface area contributed by atoms with Crippen LogP contribution in [0.3, 0.4) is 0 Å². The molecule has 0 amide bonds. The van der Waals surface area contributed by atoms with Crippen LogP contribution in [-0.4, -0.2) is 60.8 Å². The lowest BCUT2D eigenvalue weighted by atomic mass is 9.79. The van der Waals surface area contributed by atoms with Crippen molar-refractivity contribution in [2.24, 2.45) is 0 Å². The molecule has 8 nitrogen and oxygen atoms in total. The van der Waals surface area contributed by atoms with Crippen molar-refractivity contribution >= 4 is 58.9 Å². The quantitative estimate of drug-likeness (QED) is 0.0409. The molecule has 2 aliphatic rings. The average Bonchev–Trinajstić information content (AvgIpc) is 3.56. The van der Waals surface area contributed by atoms with Crippen molar-refractivity contribution in [3.63, 3.8) is 0 Å². The number of nitrogens with zero attached hydrogens (tertiary/aromatic N) is 2. The van der Waals surface area contributed by atoms with E-state index in [4.69, 9.17) is 9.11 Å². The summed E-state index contributed by atoms with van der Waals surface area (Å²) in [4.78, 5) is 2.57. The molecule has 4 aromatic rings. The van der Waals surface area contributed by atoms with Crippen molar-refractivity contribution in [1.29, 1.82) is 0 Å². The van der Waals surface area contributed by atoms with Gasteiger partial charge < -0.3 is 4.90 Å². The van der Waals surface area contributed by atoms with Gasteiger partial charge in [-0.15, -0.1) is 0 Å². The Morgan fingerprint density at radius 2 is 1.03 bits per heavy atom. The maximum Gasteiger partial charge on any atom is 0.264 e. The topological polar surface area (TPSA) is 115 Å². The third-order valence-corrected chi connectivity index (χ3v) is 14.7. The summed E-state index contributed by atoms with van der Waals surface area (Å²) in [5, 5.41) is 5.16. The number of unbranched alkanes of at least 4 members (excludes halogenated alkanes) is 14. The summed E-state index contributed by atoms with van der Waals surface area (Å²) < 4.78 is 64.7. The standard InChI is InChI=1S/C51H68N2O6S2/c1-50(2)46(52(44-34-32-40-26-17-19-28-42(40)48(44)50)36-21-13-9-5-7-11-15-23-38-60(54,55)56)30-25-31-47-51(3,4)49-43-29-20-18-27-41(43)33-35-45(49)53(47)37-22-14-10-6-8-12-16-24-39-61(57,58)59/h17-20,25-35H,5-16,21-24,36-39H2,1-4H3,(H-,54,55,56,57,58,59)/p+1. The molecule has 10 heteroatoms. The van der Waals surface area contributed by atoms with E-state index in [1.165, 1.54) is 55.5 Å². The Labute approximate surface area is 366 Å². The minimum absolute atomic E-state index is 0.142. The van der Waals surface area contributed by atoms with Gasteiger partial charge in [-0.1, -0.05) is 145 Å². The van der Waals surface area contributed by atoms with Gasteiger partial charge in [0, 0.05) is 47.5 Å². The average molecular weight is 870 g/mol. The van der Waals surface area contributed by atoms with E-state index < -0.39 is 20.2 Å². The Kier molecular flexibility index (Phi) is 15.7. The van der Waals surface area contributed by atoms with E-state index in [-0.39, 0.29) is 22.3 Å². The highest BCUT2D eigenvalue weighted by Crippen LogP contribution is 2.51. The van der Waals surface area contributed by atoms with Crippen LogP contribution in [0.5, 0.6) is 0 Å². The number of hydrogen-bond donors (Lipinski definition) is 2. The molecule has 0 atom stereocenters. The van der Waals surface area contributed by atoms with Crippen molar-refractivity contribution in [2.75, 3.05) is 29.5 Å². The molecule has 2 heterocycles. The predicted molar refractivity (Wildman–Crippen MR) is 255 cm³/mol. The number of fused-ring (bicyclic) bond motifs is 6. The maximum atomic E-state index is 11.0. The molecule has 0 saturated carbocycles. The summed E-state index contributed by atoms with van der Waals surface area (Å²) >= 11 is 0. The Morgan fingerprint density at radius 1 is 0.557 bits per heavy atom. The Hall–Kier alpha value is -3.83. The lowest BCUT2D eigenvalue weighted by Gasteiger charge is -2.27. The molecule has 0 fully saturated rings. The number of benzene rings is 4. The fourth-order valence-electron chi connectivity index (χ4n) is 10.0. The summed E-state index contributed by atoms with van der Waals surface area (Å²) in [6.07, 6.45) is 22.9. The second kappa shape index (κ2) is 20.6. The van der Waals surface area contributed by atoms with Gasteiger partial charge in [-0.05, 0) is 84.8 Å². The molecule has 330 valence electrons. The second-order valence-corrected chi connectivity index (χ2v) is 21.6. The molecule has 2 N–H and O–H groups in total. The first-order chi connectivity index (χ1) is 29.1. The Bertz CT molecular complexity index is 2460. The van der Waals surface area contributed by atoms with Crippen LogP contribution in [0.2, 0.25) is 0 Å². The van der Waals surface area contributed by atoms with Crippen molar-refractivity contribution in [2.45, 2.75) is 141 Å². The fourth-order valence-corrected chi connectivity index (χ4v) is 11.2. The highest BCUT2D eigenvalue weighted by Gasteiger charge is 2.45. The minimum Gasteiger partial charge on any atom is -0.344 e. The van der Waals surface area contributed by atoms with Crippen molar-refractivity contribution in [3.05, 3.63) is 108 Å². The zero-order chi connectivity index (χ0) is 43.7. The van der Waals surface area contributed by atoms with Gasteiger partial charge >= 0.3 is 0 Å². The predicted octanol–water partition coefficient (Wildman–Crippen LogP) is 12.6. The van der Waals surface area contributed by atoms with Crippen LogP contribution in [0, 0.1) is 0 Å². The van der Waals surface area contributed by atoms with Gasteiger partial charge in [0.05, 0.1) is 16.9 Å². The van der Waals surface area contributed by atoms with Gasteiger partial charge in [-0.25, -0.2) is 0 Å². The first-order valence-electron chi connectivity index (χ1n) is 22.9. The van der Waals surface area contributed by atoms with Crippen molar-refractivity contribution < 1.29 is 30.5 Å². The van der Waals surface area contributed by atoms with Gasteiger partial charge in [0.15, 0.2) is 5.71 Å². The van der Waals surface area contributed by atoms with E-state index in [1.807, 2.05) is 0 Å². The zero-order valence-corrected chi connectivity index (χ0v) is 38.7. The summed E-state index contributed by atoms with van der Waals surface area (Å²) in [7, 11) is -7.73. The highest BCUT2D eigenvalue weighted by molar-refractivity contribution is 7.86. The van der Waals surface area contributed by atoms with Gasteiger partial charge in [0.2, 0.25) is 5.69 Å². The van der Waals surface area contributed by atoms with Crippen LogP contribution < -0.4 is 4.90 Å². The first kappa shape index (κ1) is 46.7. The summed E-state index contributed by atoms with van der Waals surface area (Å²) in [5.74, 6) is -0.283. The van der Waals surface area contributed by atoms with Crippen molar-refractivity contribution in [3.8, 4) is 0 Å². The largest absolute Gasteiger partial charge is 0.344 e. The molecule has 4 aromatic carbocycles. The monoisotopic (exact) mass is 869 g/mol. The molecule has 0 bridgehead atoms. The van der Waals surface area contributed by atoms with Gasteiger partial charge in [0.1, 0.15) is 6.54 Å². The van der Waals surface area contributed by atoms with Crippen LogP contribution in [0.25, 0.3) is 21.5 Å². The van der Waals surface area contributed by atoms with Gasteiger partial charge in [0.25, 0.3) is 20.2 Å². The normalized spacial score (nSPS) is 16.8. The van der Waals surface area contributed by atoms with E-state index in [9.17, 15) is 16.8 Å². The molecule has 0 aromatic heterocycles. The van der Waals surface area contributed by atoms with E-state index in [0.717, 1.165) is 103 Å². The lowest BCUT2D eigenvalue weighted by Crippen LogP contribution is -2.28. The van der Waals surface area contributed by atoms with E-state index in [2.05, 4.69) is 128 Å². The third kappa shape index (κ3) is 11.8. The summed E-state index contributed by atoms with van der Waals surface area (Å²) in [6, 6.07) is 26.7. The second-order valence-electron chi connectivity index (χ2n) is 18.4. The van der Waals surface area contributed by atoms with Gasteiger partial charge in [-0.3, -0.25) is 9.11 Å². The highest BCUT2D eigenvalue weighted by atomic mass is 32.2. The number of allylic oxidation sites excluding steroid dienone is 4. The van der Waals surface area contributed by atoms with Crippen LogP contribution >= 0.6 is 0 Å². The van der Waals surface area contributed by atoms with E-state index in [0.29, 0.717) is 12.8 Å². The summed E-state index contributed by atoms with van der Waals surface area (Å²) in [5.41, 5.74) is 7.62. The van der Waals surface area contributed by atoms with E-state index >= 15 is 0 Å². The van der Waals surface area contributed by atoms with Crippen LogP contribution in [0.1, 0.15) is 142 Å². The van der Waals surface area contributed by atoms with Crippen LogP contribution in [-0.2, 0) is 31.1 Å².